The molecule has 5 heteroatoms. The number of carbonyl (C=O) groups is 1. The number of nitrogens with zero attached hydrogens (tertiary/aromatic N) is 1. The van der Waals surface area contributed by atoms with Crippen LogP contribution in [0.1, 0.15) is 6.42 Å². The van der Waals surface area contributed by atoms with Gasteiger partial charge in [0.25, 0.3) is 0 Å². The van der Waals surface area contributed by atoms with Gasteiger partial charge in [0.15, 0.2) is 0 Å². The minimum Gasteiger partial charge on any atom is -0.396 e. The fourth-order valence-electron chi connectivity index (χ4n) is 1.27. The van der Waals surface area contributed by atoms with Crippen molar-refractivity contribution in [2.45, 2.75) is 6.42 Å². The Hall–Kier alpha value is -1.49. The van der Waals surface area contributed by atoms with Crippen LogP contribution in [0, 0.1) is 5.92 Å². The number of primary amides is 1. The molecule has 1 unspecified atom stereocenters. The zero-order valence-corrected chi connectivity index (χ0v) is 7.10. The molecule has 1 rings (SSSR count). The largest absolute Gasteiger partial charge is 0.396 e. The Balaban J connectivity index is 2.88. The van der Waals surface area contributed by atoms with Crippen molar-refractivity contribution >= 4 is 17.8 Å². The highest BCUT2D eigenvalue weighted by atomic mass is 16.3. The number of aliphatic imine (C=N–C) groups is 1. The van der Waals surface area contributed by atoms with Gasteiger partial charge in [0.2, 0.25) is 11.6 Å². The van der Waals surface area contributed by atoms with Crippen LogP contribution in [0.25, 0.3) is 0 Å². The smallest absolute Gasteiger partial charge is 0.235 e. The number of rotatable bonds is 3. The average Bonchev–Trinajstić information content (AvgIpc) is 2.04. The van der Waals surface area contributed by atoms with Crippen LogP contribution < -0.4 is 11.1 Å². The van der Waals surface area contributed by atoms with E-state index < -0.39 is 11.8 Å². The van der Waals surface area contributed by atoms with Gasteiger partial charge in [-0.05, 0) is 12.0 Å². The lowest BCUT2D eigenvalue weighted by Crippen LogP contribution is -2.51. The zero-order chi connectivity index (χ0) is 9.84. The number of carbonyl (C=O) groups excluding carboxylic acids is 1. The molecule has 0 saturated carbocycles. The Kier molecular flexibility index (Phi) is 2.92. The van der Waals surface area contributed by atoms with Gasteiger partial charge in [-0.3, -0.25) is 15.2 Å². The molecule has 70 valence electrons. The van der Waals surface area contributed by atoms with Crippen molar-refractivity contribution in [1.82, 2.24) is 0 Å². The minimum absolute atomic E-state index is 0.0432. The predicted molar refractivity (Wildman–Crippen MR) is 47.9 cm³/mol. The normalized spacial score (nSPS) is 21.5. The van der Waals surface area contributed by atoms with E-state index in [0.717, 1.165) is 0 Å². The quantitative estimate of drug-likeness (QED) is 0.454. The highest BCUT2D eigenvalue weighted by Gasteiger charge is 2.29. The SMILES string of the molecule is NC(=O)C1C(=[NH2+])C=NC=C1CCO. The molecular formula is C8H12N3O2+. The Morgan fingerprint density at radius 3 is 3.00 bits per heavy atom. The van der Waals surface area contributed by atoms with Gasteiger partial charge in [-0.15, -0.1) is 0 Å². The van der Waals surface area contributed by atoms with Gasteiger partial charge in [-0.25, -0.2) is 0 Å². The van der Waals surface area contributed by atoms with Gasteiger partial charge in [0.05, 0.1) is 6.21 Å². The Labute approximate surface area is 75.5 Å². The summed E-state index contributed by atoms with van der Waals surface area (Å²) in [5, 5.41) is 14.3. The minimum atomic E-state index is -0.607. The second kappa shape index (κ2) is 3.95. The summed E-state index contributed by atoms with van der Waals surface area (Å²) in [6.07, 6.45) is 3.28. The van der Waals surface area contributed by atoms with Crippen LogP contribution in [0.2, 0.25) is 0 Å². The molecule has 1 aliphatic rings. The van der Waals surface area contributed by atoms with Gasteiger partial charge in [-0.1, -0.05) is 0 Å². The van der Waals surface area contributed by atoms with Crippen LogP contribution in [-0.2, 0) is 4.79 Å². The van der Waals surface area contributed by atoms with E-state index in [1.807, 2.05) is 0 Å². The predicted octanol–water partition coefficient (Wildman–Crippen LogP) is -2.36. The van der Waals surface area contributed by atoms with Crippen LogP contribution in [0.3, 0.4) is 0 Å². The van der Waals surface area contributed by atoms with Gasteiger partial charge in [0, 0.05) is 12.8 Å². The van der Waals surface area contributed by atoms with E-state index in [-0.39, 0.29) is 6.61 Å². The summed E-state index contributed by atoms with van der Waals surface area (Å²) >= 11 is 0. The summed E-state index contributed by atoms with van der Waals surface area (Å²) < 4.78 is 0. The molecule has 0 aliphatic carbocycles. The topological polar surface area (TPSA) is 101 Å². The molecule has 0 saturated heterocycles. The molecule has 0 aromatic heterocycles. The second-order valence-corrected chi connectivity index (χ2v) is 2.79. The summed E-state index contributed by atoms with van der Waals surface area (Å²) in [5.74, 6) is -1.12. The lowest BCUT2D eigenvalue weighted by molar-refractivity contribution is -0.127. The molecule has 1 aliphatic heterocycles. The third-order valence-electron chi connectivity index (χ3n) is 1.85. The van der Waals surface area contributed by atoms with Crippen molar-refractivity contribution < 1.29 is 15.3 Å². The van der Waals surface area contributed by atoms with Crippen molar-refractivity contribution in [3.05, 3.63) is 11.8 Å². The number of aliphatic hydroxyl groups excluding tert-OH is 1. The zero-order valence-electron chi connectivity index (χ0n) is 7.10. The van der Waals surface area contributed by atoms with Gasteiger partial charge >= 0.3 is 0 Å². The fourth-order valence-corrected chi connectivity index (χ4v) is 1.27. The van der Waals surface area contributed by atoms with Gasteiger partial charge < -0.3 is 10.8 Å². The summed E-state index contributed by atoms with van der Waals surface area (Å²) in [6.45, 7) is -0.0432. The number of nitrogens with two attached hydrogens (primary N) is 2. The first-order chi connectivity index (χ1) is 6.16. The Bertz CT molecular complexity index is 294. The summed E-state index contributed by atoms with van der Waals surface area (Å²) in [6, 6.07) is 0. The maximum Gasteiger partial charge on any atom is 0.235 e. The molecule has 0 radical (unpaired) electrons. The van der Waals surface area contributed by atoms with E-state index in [0.29, 0.717) is 17.7 Å². The molecule has 1 atom stereocenters. The Morgan fingerprint density at radius 1 is 1.77 bits per heavy atom. The van der Waals surface area contributed by atoms with E-state index in [1.165, 1.54) is 12.4 Å². The number of aliphatic hydroxyl groups is 1. The first-order valence-electron chi connectivity index (χ1n) is 3.91. The monoisotopic (exact) mass is 182 g/mol. The molecular weight excluding hydrogens is 170 g/mol. The summed E-state index contributed by atoms with van der Waals surface area (Å²) in [5.41, 5.74) is 6.15. The van der Waals surface area contributed by atoms with Crippen LogP contribution in [-0.4, -0.2) is 29.5 Å². The average molecular weight is 182 g/mol. The maximum atomic E-state index is 11.0. The highest BCUT2D eigenvalue weighted by molar-refractivity contribution is 6.34. The molecule has 0 bridgehead atoms. The Morgan fingerprint density at radius 2 is 2.46 bits per heavy atom. The van der Waals surface area contributed by atoms with Crippen molar-refractivity contribution in [1.29, 1.82) is 0 Å². The fraction of sp³-hybridized carbons (Fsp3) is 0.375. The number of hydrogen-bond acceptors (Lipinski definition) is 3. The summed E-state index contributed by atoms with van der Waals surface area (Å²) in [7, 11) is 0. The summed E-state index contributed by atoms with van der Waals surface area (Å²) in [4.78, 5) is 14.8. The van der Waals surface area contributed by atoms with Crippen molar-refractivity contribution in [3.8, 4) is 0 Å². The van der Waals surface area contributed by atoms with Crippen LogP contribution in [0.4, 0.5) is 0 Å². The molecule has 0 aromatic carbocycles. The van der Waals surface area contributed by atoms with E-state index in [4.69, 9.17) is 16.2 Å². The number of hydrogen-bond donors (Lipinski definition) is 3. The molecule has 5 N–H and O–H groups in total. The van der Waals surface area contributed by atoms with E-state index in [1.54, 1.807) is 0 Å². The van der Waals surface area contributed by atoms with Gasteiger partial charge in [0.1, 0.15) is 5.92 Å². The van der Waals surface area contributed by atoms with Gasteiger partial charge in [-0.2, -0.15) is 0 Å². The first-order valence-corrected chi connectivity index (χ1v) is 3.91. The molecule has 13 heavy (non-hydrogen) atoms. The van der Waals surface area contributed by atoms with E-state index in [2.05, 4.69) is 4.99 Å². The molecule has 0 aromatic rings. The second-order valence-electron chi connectivity index (χ2n) is 2.79. The van der Waals surface area contributed by atoms with E-state index in [9.17, 15) is 4.79 Å². The first kappa shape index (κ1) is 9.60. The van der Waals surface area contributed by atoms with E-state index >= 15 is 0 Å². The maximum absolute atomic E-state index is 11.0. The molecule has 0 fully saturated rings. The van der Waals surface area contributed by atoms with Crippen molar-refractivity contribution in [3.63, 3.8) is 0 Å². The van der Waals surface area contributed by atoms with Crippen LogP contribution in [0.5, 0.6) is 0 Å². The van der Waals surface area contributed by atoms with Crippen LogP contribution in [0.15, 0.2) is 16.8 Å². The van der Waals surface area contributed by atoms with Crippen molar-refractivity contribution in [2.75, 3.05) is 6.61 Å². The third kappa shape index (κ3) is 2.00. The third-order valence-corrected chi connectivity index (χ3v) is 1.85. The van der Waals surface area contributed by atoms with Crippen molar-refractivity contribution in [2.24, 2.45) is 16.6 Å². The number of amides is 1. The lowest BCUT2D eigenvalue weighted by Gasteiger charge is -2.14. The molecule has 1 heterocycles. The molecule has 0 spiro atoms. The molecule has 5 nitrogen and oxygen atoms in total. The lowest BCUT2D eigenvalue weighted by atomic mass is 9.91. The standard InChI is InChI=1S/C8H11N3O2/c9-6-4-11-3-5(1-2-12)7(6)8(10)13/h3-4,7,9,12H,1-2H2,(H2,10,13)/p+1. The van der Waals surface area contributed by atoms with Crippen LogP contribution >= 0.6 is 0 Å². The highest BCUT2D eigenvalue weighted by Crippen LogP contribution is 2.17. The molecule has 1 amide bonds.